The molecule has 1 radical (unpaired) electrons. The first-order valence-electron chi connectivity index (χ1n) is 5.89. The second kappa shape index (κ2) is 6.25. The molecule has 4 heteroatoms. The number of nitrogens with one attached hydrogen (secondary N) is 2. The summed E-state index contributed by atoms with van der Waals surface area (Å²) < 4.78 is 5.41. The van der Waals surface area contributed by atoms with Crippen LogP contribution >= 0.6 is 0 Å². The van der Waals surface area contributed by atoms with Gasteiger partial charge in [-0.25, -0.2) is 4.79 Å². The minimum absolute atomic E-state index is 0.178. The Balaban J connectivity index is 1.64. The largest absolute Gasteiger partial charge is 0.376 e. The number of amides is 2. The summed E-state index contributed by atoms with van der Waals surface area (Å²) in [5.41, 5.74) is 0.972. The van der Waals surface area contributed by atoms with Gasteiger partial charge in [0.05, 0.1) is 12.6 Å². The average molecular weight is 233 g/mol. The zero-order valence-corrected chi connectivity index (χ0v) is 9.69. The number of carbonyl (C=O) groups excluding carboxylic acids is 1. The van der Waals surface area contributed by atoms with Gasteiger partial charge in [-0.3, -0.25) is 0 Å². The average Bonchev–Trinajstić information content (AvgIpc) is 2.88. The molecule has 91 valence electrons. The van der Waals surface area contributed by atoms with Crippen LogP contribution in [-0.2, 0) is 4.74 Å². The van der Waals surface area contributed by atoms with Gasteiger partial charge in [-0.1, -0.05) is 30.3 Å². The van der Waals surface area contributed by atoms with Gasteiger partial charge in [0.15, 0.2) is 0 Å². The summed E-state index contributed by atoms with van der Waals surface area (Å²) in [6, 6.07) is 9.47. The van der Waals surface area contributed by atoms with Crippen LogP contribution in [0.2, 0.25) is 0 Å². The monoisotopic (exact) mass is 233 g/mol. The lowest BCUT2D eigenvalue weighted by molar-refractivity contribution is 0.111. The van der Waals surface area contributed by atoms with E-state index >= 15 is 0 Å². The van der Waals surface area contributed by atoms with Crippen LogP contribution in [0, 0.1) is 6.54 Å². The molecule has 1 aliphatic rings. The van der Waals surface area contributed by atoms with Gasteiger partial charge >= 0.3 is 6.03 Å². The van der Waals surface area contributed by atoms with Gasteiger partial charge in [0.2, 0.25) is 0 Å². The molecular formula is C13H17N2O2. The van der Waals surface area contributed by atoms with E-state index in [0.29, 0.717) is 6.54 Å². The van der Waals surface area contributed by atoms with E-state index in [-0.39, 0.29) is 12.1 Å². The molecule has 1 saturated heterocycles. The molecule has 1 aromatic rings. The number of rotatable bonds is 4. The molecule has 2 N–H and O–H groups in total. The summed E-state index contributed by atoms with van der Waals surface area (Å²) in [6.07, 6.45) is 2.30. The van der Waals surface area contributed by atoms with E-state index in [0.717, 1.165) is 25.0 Å². The van der Waals surface area contributed by atoms with Crippen LogP contribution in [-0.4, -0.2) is 25.3 Å². The van der Waals surface area contributed by atoms with E-state index in [1.165, 1.54) is 0 Å². The molecule has 2 rings (SSSR count). The summed E-state index contributed by atoms with van der Waals surface area (Å²) >= 11 is 0. The van der Waals surface area contributed by atoms with Crippen molar-refractivity contribution >= 4 is 6.03 Å². The van der Waals surface area contributed by atoms with Crippen molar-refractivity contribution in [3.05, 3.63) is 42.4 Å². The van der Waals surface area contributed by atoms with Crippen LogP contribution in [0.4, 0.5) is 4.79 Å². The molecular weight excluding hydrogens is 216 g/mol. The number of ether oxygens (including phenoxy) is 1. The van der Waals surface area contributed by atoms with E-state index in [4.69, 9.17) is 4.74 Å². The zero-order chi connectivity index (χ0) is 11.9. The standard InChI is InChI=1S/C13H17N2O2/c16-13(15-10-12-7-4-8-17-12)14-9-11-5-2-1-3-6-11/h1-3,5-6,9,12H,4,7-8,10H2,(H2,14,15,16). The smallest absolute Gasteiger partial charge is 0.315 e. The van der Waals surface area contributed by atoms with E-state index < -0.39 is 0 Å². The first kappa shape index (κ1) is 11.9. The first-order valence-corrected chi connectivity index (χ1v) is 5.89. The molecule has 1 unspecified atom stereocenters. The predicted octanol–water partition coefficient (Wildman–Crippen LogP) is 1.67. The van der Waals surface area contributed by atoms with Gasteiger partial charge in [0.25, 0.3) is 0 Å². The lowest BCUT2D eigenvalue weighted by atomic mass is 10.2. The van der Waals surface area contributed by atoms with Gasteiger partial charge in [0.1, 0.15) is 0 Å². The SMILES string of the molecule is O=C(N[CH]c1ccccc1)NCC1CCCO1. The summed E-state index contributed by atoms with van der Waals surface area (Å²) in [4.78, 5) is 11.5. The second-order valence-electron chi connectivity index (χ2n) is 4.04. The zero-order valence-electron chi connectivity index (χ0n) is 9.69. The van der Waals surface area contributed by atoms with Crippen LogP contribution in [0.25, 0.3) is 0 Å². The molecule has 2 amide bonds. The van der Waals surface area contributed by atoms with E-state index in [9.17, 15) is 4.79 Å². The maximum Gasteiger partial charge on any atom is 0.315 e. The summed E-state index contributed by atoms with van der Waals surface area (Å²) in [7, 11) is 0. The molecule has 1 aliphatic heterocycles. The van der Waals surface area contributed by atoms with Crippen molar-refractivity contribution in [2.75, 3.05) is 13.2 Å². The minimum atomic E-state index is -0.190. The third-order valence-electron chi connectivity index (χ3n) is 2.68. The van der Waals surface area contributed by atoms with Gasteiger partial charge in [-0.15, -0.1) is 0 Å². The quantitative estimate of drug-likeness (QED) is 0.831. The number of hydrogen-bond donors (Lipinski definition) is 2. The van der Waals surface area contributed by atoms with Crippen molar-refractivity contribution in [2.45, 2.75) is 18.9 Å². The molecule has 1 aromatic carbocycles. The lowest BCUT2D eigenvalue weighted by Gasteiger charge is -2.11. The van der Waals surface area contributed by atoms with Crippen molar-refractivity contribution in [2.24, 2.45) is 0 Å². The highest BCUT2D eigenvalue weighted by molar-refractivity contribution is 5.75. The Kier molecular flexibility index (Phi) is 4.38. The Hall–Kier alpha value is -1.55. The molecule has 1 atom stereocenters. The molecule has 0 bridgehead atoms. The first-order chi connectivity index (χ1) is 8.34. The lowest BCUT2D eigenvalue weighted by Crippen LogP contribution is -2.38. The van der Waals surface area contributed by atoms with Crippen LogP contribution in [0.15, 0.2) is 30.3 Å². The Morgan fingerprint density at radius 2 is 2.24 bits per heavy atom. The molecule has 0 saturated carbocycles. The Labute approximate surface area is 101 Å². The van der Waals surface area contributed by atoms with E-state index in [1.54, 1.807) is 6.54 Å². The van der Waals surface area contributed by atoms with E-state index in [1.807, 2.05) is 30.3 Å². The minimum Gasteiger partial charge on any atom is -0.376 e. The normalized spacial score (nSPS) is 18.9. The Morgan fingerprint density at radius 3 is 2.94 bits per heavy atom. The molecule has 1 fully saturated rings. The number of benzene rings is 1. The van der Waals surface area contributed by atoms with Crippen molar-refractivity contribution in [3.63, 3.8) is 0 Å². The molecule has 4 nitrogen and oxygen atoms in total. The third-order valence-corrected chi connectivity index (χ3v) is 2.68. The third kappa shape index (κ3) is 4.07. The summed E-state index contributed by atoms with van der Waals surface area (Å²) in [6.45, 7) is 3.07. The van der Waals surface area contributed by atoms with Crippen LogP contribution < -0.4 is 10.6 Å². The number of urea groups is 1. The predicted molar refractivity (Wildman–Crippen MR) is 65.4 cm³/mol. The highest BCUT2D eigenvalue weighted by atomic mass is 16.5. The van der Waals surface area contributed by atoms with Gasteiger partial charge in [-0.2, -0.15) is 0 Å². The summed E-state index contributed by atoms with van der Waals surface area (Å²) in [5, 5.41) is 5.48. The fourth-order valence-electron chi connectivity index (χ4n) is 1.76. The maximum atomic E-state index is 11.5. The molecule has 0 spiro atoms. The Bertz CT molecular complexity index is 348. The Morgan fingerprint density at radius 1 is 1.41 bits per heavy atom. The molecule has 1 heterocycles. The van der Waals surface area contributed by atoms with Crippen LogP contribution in [0.1, 0.15) is 18.4 Å². The molecule has 0 aliphatic carbocycles. The van der Waals surface area contributed by atoms with E-state index in [2.05, 4.69) is 10.6 Å². The van der Waals surface area contributed by atoms with Crippen LogP contribution in [0.3, 0.4) is 0 Å². The van der Waals surface area contributed by atoms with Crippen LogP contribution in [0.5, 0.6) is 0 Å². The van der Waals surface area contributed by atoms with Crippen molar-refractivity contribution in [1.82, 2.24) is 10.6 Å². The van der Waals surface area contributed by atoms with Gasteiger partial charge in [-0.05, 0) is 18.4 Å². The molecule has 17 heavy (non-hydrogen) atoms. The maximum absolute atomic E-state index is 11.5. The number of hydrogen-bond acceptors (Lipinski definition) is 2. The fraction of sp³-hybridized carbons (Fsp3) is 0.385. The summed E-state index contributed by atoms with van der Waals surface area (Å²) in [5.74, 6) is 0. The highest BCUT2D eigenvalue weighted by Crippen LogP contribution is 2.10. The topological polar surface area (TPSA) is 50.4 Å². The van der Waals surface area contributed by atoms with Crippen molar-refractivity contribution < 1.29 is 9.53 Å². The second-order valence-corrected chi connectivity index (χ2v) is 4.04. The highest BCUT2D eigenvalue weighted by Gasteiger charge is 2.15. The molecule has 0 aromatic heterocycles. The number of carbonyl (C=O) groups is 1. The van der Waals surface area contributed by atoms with Crippen molar-refractivity contribution in [3.8, 4) is 0 Å². The fourth-order valence-corrected chi connectivity index (χ4v) is 1.76. The van der Waals surface area contributed by atoms with Gasteiger partial charge < -0.3 is 15.4 Å². The van der Waals surface area contributed by atoms with Crippen molar-refractivity contribution in [1.29, 1.82) is 0 Å². The van der Waals surface area contributed by atoms with Gasteiger partial charge in [0, 0.05) is 13.2 Å².